The predicted molar refractivity (Wildman–Crippen MR) is 88.4 cm³/mol. The second-order valence-electron chi connectivity index (χ2n) is 6.70. The van der Waals surface area contributed by atoms with Gasteiger partial charge in [0.15, 0.2) is 0 Å². The highest BCUT2D eigenvalue weighted by molar-refractivity contribution is 5.11. The Morgan fingerprint density at radius 1 is 1.29 bits per heavy atom. The number of hydrogen-bond acceptors (Lipinski definition) is 3. The van der Waals surface area contributed by atoms with E-state index in [1.165, 1.54) is 44.3 Å². The lowest BCUT2D eigenvalue weighted by atomic mass is 9.80. The number of aromatic nitrogens is 2. The van der Waals surface area contributed by atoms with E-state index >= 15 is 0 Å². The molecule has 120 valence electrons. The topological polar surface area (TPSA) is 33.1 Å². The summed E-state index contributed by atoms with van der Waals surface area (Å²) in [5.41, 5.74) is 0.185. The molecule has 0 aromatic carbocycles. The summed E-state index contributed by atoms with van der Waals surface area (Å²) in [7, 11) is 6.60. The molecule has 21 heavy (non-hydrogen) atoms. The van der Waals surface area contributed by atoms with Gasteiger partial charge in [0.1, 0.15) is 5.82 Å². The number of imidazole rings is 1. The summed E-state index contributed by atoms with van der Waals surface area (Å²) in [5, 5.41) is 3.81. The van der Waals surface area contributed by atoms with Gasteiger partial charge in [-0.15, -0.1) is 0 Å². The Morgan fingerprint density at radius 3 is 2.43 bits per heavy atom. The molecule has 1 N–H and O–H groups in total. The average Bonchev–Trinajstić information content (AvgIpc) is 2.74. The van der Waals surface area contributed by atoms with Crippen LogP contribution in [-0.2, 0) is 7.05 Å². The molecular weight excluding hydrogens is 260 g/mol. The highest BCUT2D eigenvalue weighted by Gasteiger charge is 2.43. The summed E-state index contributed by atoms with van der Waals surface area (Å²) in [4.78, 5) is 7.13. The van der Waals surface area contributed by atoms with E-state index in [0.29, 0.717) is 6.04 Å². The van der Waals surface area contributed by atoms with E-state index in [9.17, 15) is 0 Å². The van der Waals surface area contributed by atoms with E-state index in [0.717, 1.165) is 13.0 Å². The lowest BCUT2D eigenvalue weighted by molar-refractivity contribution is 0.0750. The monoisotopic (exact) mass is 292 g/mol. The van der Waals surface area contributed by atoms with E-state index in [-0.39, 0.29) is 5.54 Å². The Bertz CT molecular complexity index is 416. The van der Waals surface area contributed by atoms with Crippen LogP contribution >= 0.6 is 0 Å². The molecular formula is C17H32N4. The number of nitrogens with zero attached hydrogens (tertiary/aromatic N) is 3. The fourth-order valence-electron chi connectivity index (χ4n) is 3.80. The number of rotatable bonds is 6. The number of aryl methyl sites for hydroxylation is 1. The van der Waals surface area contributed by atoms with Crippen LogP contribution in [0.25, 0.3) is 0 Å². The van der Waals surface area contributed by atoms with Gasteiger partial charge in [-0.2, -0.15) is 0 Å². The van der Waals surface area contributed by atoms with Gasteiger partial charge in [0.2, 0.25) is 0 Å². The molecule has 1 aromatic heterocycles. The van der Waals surface area contributed by atoms with Gasteiger partial charge in [-0.3, -0.25) is 0 Å². The molecule has 0 aliphatic heterocycles. The molecule has 1 saturated carbocycles. The van der Waals surface area contributed by atoms with Crippen molar-refractivity contribution in [2.45, 2.75) is 63.5 Å². The first-order chi connectivity index (χ1) is 10.1. The second kappa shape index (κ2) is 7.41. The zero-order chi connectivity index (χ0) is 15.3. The fourth-order valence-corrected chi connectivity index (χ4v) is 3.80. The molecule has 1 atom stereocenters. The van der Waals surface area contributed by atoms with Crippen LogP contribution in [0.4, 0.5) is 0 Å². The van der Waals surface area contributed by atoms with Crippen molar-refractivity contribution in [3.05, 3.63) is 18.2 Å². The summed E-state index contributed by atoms with van der Waals surface area (Å²) in [6.07, 6.45) is 13.1. The Labute approximate surface area is 129 Å². The van der Waals surface area contributed by atoms with Crippen LogP contribution in [0.3, 0.4) is 0 Å². The molecule has 0 saturated heterocycles. The molecule has 0 bridgehead atoms. The third-order valence-electron chi connectivity index (χ3n) is 5.11. The maximum Gasteiger partial charge on any atom is 0.127 e. The molecule has 1 heterocycles. The molecule has 1 unspecified atom stereocenters. The van der Waals surface area contributed by atoms with E-state index in [4.69, 9.17) is 0 Å². The third kappa shape index (κ3) is 3.49. The second-order valence-corrected chi connectivity index (χ2v) is 6.70. The summed E-state index contributed by atoms with van der Waals surface area (Å²) < 4.78 is 2.18. The normalized spacial score (nSPS) is 20.4. The van der Waals surface area contributed by atoms with Gasteiger partial charge in [-0.05, 0) is 39.9 Å². The highest BCUT2D eigenvalue weighted by Crippen LogP contribution is 2.40. The van der Waals surface area contributed by atoms with Crippen molar-refractivity contribution in [2.24, 2.45) is 7.05 Å². The van der Waals surface area contributed by atoms with Gasteiger partial charge in [0.25, 0.3) is 0 Å². The average molecular weight is 292 g/mol. The predicted octanol–water partition coefficient (Wildman–Crippen LogP) is 3.12. The van der Waals surface area contributed by atoms with Gasteiger partial charge in [-0.25, -0.2) is 4.98 Å². The van der Waals surface area contributed by atoms with Crippen molar-refractivity contribution in [1.82, 2.24) is 19.8 Å². The van der Waals surface area contributed by atoms with Crippen LogP contribution in [0.15, 0.2) is 12.4 Å². The first kappa shape index (κ1) is 16.5. The number of nitrogens with one attached hydrogen (secondary N) is 1. The maximum atomic E-state index is 4.68. The van der Waals surface area contributed by atoms with Crippen LogP contribution in [-0.4, -0.2) is 40.6 Å². The molecule has 4 nitrogen and oxygen atoms in total. The summed E-state index contributed by atoms with van der Waals surface area (Å²) in [6, 6.07) is 0.311. The lowest BCUT2D eigenvalue weighted by Gasteiger charge is -2.46. The minimum Gasteiger partial charge on any atom is -0.337 e. The van der Waals surface area contributed by atoms with Crippen LogP contribution in [0, 0.1) is 0 Å². The van der Waals surface area contributed by atoms with Crippen molar-refractivity contribution in [3.8, 4) is 0 Å². The summed E-state index contributed by atoms with van der Waals surface area (Å²) >= 11 is 0. The number of hydrogen-bond donors (Lipinski definition) is 1. The van der Waals surface area contributed by atoms with E-state index in [1.807, 2.05) is 6.20 Å². The van der Waals surface area contributed by atoms with Gasteiger partial charge < -0.3 is 14.8 Å². The zero-order valence-electron chi connectivity index (χ0n) is 14.2. The van der Waals surface area contributed by atoms with Crippen molar-refractivity contribution >= 4 is 0 Å². The molecule has 4 heteroatoms. The Balaban J connectivity index is 2.37. The van der Waals surface area contributed by atoms with Crippen LogP contribution < -0.4 is 5.32 Å². The van der Waals surface area contributed by atoms with Crippen molar-refractivity contribution in [3.63, 3.8) is 0 Å². The van der Waals surface area contributed by atoms with Crippen LogP contribution in [0.1, 0.15) is 63.7 Å². The van der Waals surface area contributed by atoms with Gasteiger partial charge >= 0.3 is 0 Å². The quantitative estimate of drug-likeness (QED) is 0.818. The Kier molecular flexibility index (Phi) is 5.82. The van der Waals surface area contributed by atoms with E-state index in [2.05, 4.69) is 54.0 Å². The SMILES string of the molecule is CCCNC(c1nccn1C)C1(N(C)C)CCCCCC1. The van der Waals surface area contributed by atoms with E-state index < -0.39 is 0 Å². The largest absolute Gasteiger partial charge is 0.337 e. The first-order valence-corrected chi connectivity index (χ1v) is 8.50. The molecule has 0 radical (unpaired) electrons. The number of likely N-dealkylation sites (N-methyl/N-ethyl adjacent to an activating group) is 1. The van der Waals surface area contributed by atoms with Crippen LogP contribution in [0.5, 0.6) is 0 Å². The Morgan fingerprint density at radius 2 is 1.95 bits per heavy atom. The molecule has 1 aromatic rings. The molecule has 2 rings (SSSR count). The molecule has 1 aliphatic rings. The zero-order valence-corrected chi connectivity index (χ0v) is 14.2. The fraction of sp³-hybridized carbons (Fsp3) is 0.824. The minimum absolute atomic E-state index is 0.185. The van der Waals surface area contributed by atoms with Gasteiger partial charge in [0, 0.05) is 25.0 Å². The van der Waals surface area contributed by atoms with Crippen molar-refractivity contribution in [1.29, 1.82) is 0 Å². The first-order valence-electron chi connectivity index (χ1n) is 8.50. The van der Waals surface area contributed by atoms with Gasteiger partial charge in [0.05, 0.1) is 6.04 Å². The maximum absolute atomic E-state index is 4.68. The minimum atomic E-state index is 0.185. The summed E-state index contributed by atoms with van der Waals surface area (Å²) in [5.74, 6) is 1.18. The molecule has 1 fully saturated rings. The summed E-state index contributed by atoms with van der Waals surface area (Å²) in [6.45, 7) is 3.28. The van der Waals surface area contributed by atoms with Crippen LogP contribution in [0.2, 0.25) is 0 Å². The molecule has 1 aliphatic carbocycles. The third-order valence-corrected chi connectivity index (χ3v) is 5.11. The highest BCUT2D eigenvalue weighted by atomic mass is 15.2. The van der Waals surface area contributed by atoms with Crippen molar-refractivity contribution in [2.75, 3.05) is 20.6 Å². The smallest absolute Gasteiger partial charge is 0.127 e. The van der Waals surface area contributed by atoms with E-state index in [1.54, 1.807) is 0 Å². The van der Waals surface area contributed by atoms with Gasteiger partial charge in [-0.1, -0.05) is 32.6 Å². The van der Waals surface area contributed by atoms with Crippen molar-refractivity contribution < 1.29 is 0 Å². The molecule has 0 amide bonds. The Hall–Kier alpha value is -0.870. The lowest BCUT2D eigenvalue weighted by Crippen LogP contribution is -2.54. The standard InChI is InChI=1S/C17H32N4/c1-5-12-18-15(16-19-13-14-21(16)4)17(20(2)3)10-8-6-7-9-11-17/h13-15,18H,5-12H2,1-4H3. The molecule has 0 spiro atoms.